The minimum Gasteiger partial charge on any atom is -0.543 e. The Morgan fingerprint density at radius 2 is 2.15 bits per heavy atom. The molecule has 1 unspecified atom stereocenters. The number of aliphatic carboxylic acids is 2. The van der Waals surface area contributed by atoms with Crippen LogP contribution in [0, 0.1) is 0 Å². The van der Waals surface area contributed by atoms with Crippen molar-refractivity contribution in [2.24, 2.45) is 5.16 Å². The summed E-state index contributed by atoms with van der Waals surface area (Å²) in [6.07, 6.45) is 6.04. The number of oxime groups is 1. The maximum Gasteiger partial charge on any atom is 0.350 e. The van der Waals surface area contributed by atoms with Crippen molar-refractivity contribution < 1.29 is 47.6 Å². The number of carboxylic acids is 2. The van der Waals surface area contributed by atoms with Crippen LogP contribution in [0.4, 0.5) is 6.01 Å². The van der Waals surface area contributed by atoms with Gasteiger partial charge in [-0.15, -0.1) is 11.8 Å². The summed E-state index contributed by atoms with van der Waals surface area (Å²) in [5.74, 6) is -4.26. The lowest BCUT2D eigenvalue weighted by atomic mass is 10.0. The van der Waals surface area contributed by atoms with E-state index in [-0.39, 0.29) is 29.7 Å². The van der Waals surface area contributed by atoms with Gasteiger partial charge in [0.25, 0.3) is 17.8 Å². The highest BCUT2D eigenvalue weighted by Gasteiger charge is 2.53. The number of nitrogen functional groups attached to an aromatic ring is 1. The number of nitrogens with two attached hydrogens (primary N) is 1. The van der Waals surface area contributed by atoms with Crippen LogP contribution in [0.25, 0.3) is 11.0 Å². The molecule has 0 radical (unpaired) electrons. The molecule has 40 heavy (non-hydrogen) atoms. The van der Waals surface area contributed by atoms with E-state index in [4.69, 9.17) is 19.4 Å². The van der Waals surface area contributed by atoms with Crippen LogP contribution in [0.2, 0.25) is 0 Å². The molecular weight excluding hydrogens is 548 g/mol. The number of pyridine rings is 1. The normalized spacial score (nSPS) is 19.3. The molecule has 4 N–H and O–H groups in total. The number of carbonyl (C=O) groups is 4. The van der Waals surface area contributed by atoms with Gasteiger partial charge in [0.1, 0.15) is 23.4 Å². The molecule has 2 atom stereocenters. The fourth-order valence-corrected chi connectivity index (χ4v) is 5.40. The molecule has 15 nitrogen and oxygen atoms in total. The summed E-state index contributed by atoms with van der Waals surface area (Å²) in [6.45, 7) is 2.60. The van der Waals surface area contributed by atoms with Crippen LogP contribution >= 0.6 is 11.8 Å². The van der Waals surface area contributed by atoms with Gasteiger partial charge >= 0.3 is 5.97 Å². The van der Waals surface area contributed by atoms with Crippen molar-refractivity contribution in [1.82, 2.24) is 15.2 Å². The minimum atomic E-state index is -1.80. The molecular formula is C24H22N6O9S. The molecule has 2 amide bonds. The molecule has 0 spiro atoms. The Morgan fingerprint density at radius 3 is 2.83 bits per heavy atom. The number of carbonyl (C=O) groups excluding carboxylic acids is 3. The van der Waals surface area contributed by atoms with Gasteiger partial charge < -0.3 is 39.7 Å². The summed E-state index contributed by atoms with van der Waals surface area (Å²) >= 11 is 1.26. The van der Waals surface area contributed by atoms with Crippen LogP contribution < -0.4 is 20.7 Å². The number of thioether (sulfide) groups is 1. The van der Waals surface area contributed by atoms with Crippen LogP contribution in [0.5, 0.6) is 0 Å². The van der Waals surface area contributed by atoms with Gasteiger partial charge in [0, 0.05) is 22.8 Å². The first kappa shape index (κ1) is 26.7. The second-order valence-corrected chi connectivity index (χ2v) is 10.5. The smallest absolute Gasteiger partial charge is 0.350 e. The number of rotatable bonds is 9. The quantitative estimate of drug-likeness (QED) is 0.122. The van der Waals surface area contributed by atoms with Crippen LogP contribution in [0.15, 0.2) is 62.3 Å². The summed E-state index contributed by atoms with van der Waals surface area (Å²) in [6, 6.07) is 2.21. The Labute approximate surface area is 229 Å². The molecule has 2 aliphatic heterocycles. The average molecular weight is 571 g/mol. The number of hydrogen-bond donors (Lipinski definition) is 3. The lowest BCUT2D eigenvalue weighted by Gasteiger charge is -2.50. The predicted octanol–water partition coefficient (Wildman–Crippen LogP) is -1.02. The van der Waals surface area contributed by atoms with Gasteiger partial charge in [-0.3, -0.25) is 14.5 Å². The molecule has 208 valence electrons. The van der Waals surface area contributed by atoms with E-state index in [0.717, 1.165) is 16.5 Å². The second kappa shape index (κ2) is 10.0. The zero-order valence-electron chi connectivity index (χ0n) is 21.0. The van der Waals surface area contributed by atoms with E-state index < -0.39 is 46.5 Å². The van der Waals surface area contributed by atoms with E-state index in [2.05, 4.69) is 15.5 Å². The summed E-state index contributed by atoms with van der Waals surface area (Å²) in [7, 11) is 0. The predicted molar refractivity (Wildman–Crippen MR) is 134 cm³/mol. The van der Waals surface area contributed by atoms with Crippen LogP contribution in [-0.2, 0) is 30.6 Å². The topological polar surface area (TPSA) is 217 Å². The standard InChI is InChI=1S/C24H22N6O9S/c1-24(2,22(35)36)39-28-15(13-9-38-23(25)26-13)18(31)27-16-19(32)30-17(21(33)34)12(10-40-20(16)30)7-29-5-3-11-4-6-37-14(11)8-29/h3-6,8-9,16,20H,7,10H2,1-2H3,(H4-,25,26,27,31,33,34,35,36)/b28-15-/t16?,20-/m1/s1. The van der Waals surface area contributed by atoms with Gasteiger partial charge in [-0.2, -0.15) is 9.55 Å². The number of amides is 2. The van der Waals surface area contributed by atoms with Crippen molar-refractivity contribution in [3.8, 4) is 0 Å². The third kappa shape index (κ3) is 4.84. The molecule has 0 aliphatic carbocycles. The SMILES string of the molecule is CC(C)(O/N=C(\C(=O)NC1C(=O)N2C(C(=O)[O-])=C(C[n+]3ccc4ccoc4c3)CS[C@H]12)c1coc(N)n1)C(=O)O. The lowest BCUT2D eigenvalue weighted by Crippen LogP contribution is -2.71. The Balaban J connectivity index is 1.36. The molecule has 5 heterocycles. The van der Waals surface area contributed by atoms with E-state index in [1.807, 2.05) is 6.07 Å². The summed E-state index contributed by atoms with van der Waals surface area (Å²) in [4.78, 5) is 59.7. The van der Waals surface area contributed by atoms with Crippen LogP contribution in [-0.4, -0.2) is 67.2 Å². The maximum atomic E-state index is 13.1. The Hall–Kier alpha value is -4.86. The Morgan fingerprint density at radius 1 is 1.38 bits per heavy atom. The molecule has 16 heteroatoms. The third-order valence-corrected chi connectivity index (χ3v) is 7.56. The number of furan rings is 1. The molecule has 3 aromatic heterocycles. The molecule has 1 saturated heterocycles. The number of oxazole rings is 1. The zero-order valence-corrected chi connectivity index (χ0v) is 21.8. The number of fused-ring (bicyclic) bond motifs is 2. The van der Waals surface area contributed by atoms with Gasteiger partial charge in [0.15, 0.2) is 24.0 Å². The van der Waals surface area contributed by atoms with Crippen molar-refractivity contribution in [3.05, 3.63) is 54.0 Å². The fourth-order valence-electron chi connectivity index (χ4n) is 4.06. The number of carboxylic acid groups (broad SMARTS) is 2. The van der Waals surface area contributed by atoms with Crippen LogP contribution in [0.3, 0.4) is 0 Å². The molecule has 0 aromatic carbocycles. The van der Waals surface area contributed by atoms with E-state index >= 15 is 0 Å². The first-order chi connectivity index (χ1) is 19.0. The highest BCUT2D eigenvalue weighted by molar-refractivity contribution is 8.00. The summed E-state index contributed by atoms with van der Waals surface area (Å²) in [5, 5.41) is 27.7. The Bertz CT molecular complexity index is 1610. The van der Waals surface area contributed by atoms with Crippen molar-refractivity contribution >= 4 is 58.2 Å². The largest absolute Gasteiger partial charge is 0.543 e. The molecule has 0 saturated carbocycles. The molecule has 5 rings (SSSR count). The number of nitrogens with zero attached hydrogens (tertiary/aromatic N) is 4. The number of β-lactam (4-membered cyclic amide) rings is 1. The monoisotopic (exact) mass is 570 g/mol. The van der Waals surface area contributed by atoms with Crippen LogP contribution in [0.1, 0.15) is 19.5 Å². The van der Waals surface area contributed by atoms with E-state index in [9.17, 15) is 29.4 Å². The Kier molecular flexibility index (Phi) is 6.70. The number of aromatic nitrogens is 2. The van der Waals surface area contributed by atoms with Crippen molar-refractivity contribution in [1.29, 1.82) is 0 Å². The van der Waals surface area contributed by atoms with E-state index in [1.165, 1.54) is 25.6 Å². The van der Waals surface area contributed by atoms with Gasteiger partial charge in [-0.05, 0) is 19.9 Å². The average Bonchev–Trinajstić information content (AvgIpc) is 3.55. The molecule has 0 bridgehead atoms. The van der Waals surface area contributed by atoms with E-state index in [1.54, 1.807) is 29.3 Å². The van der Waals surface area contributed by atoms with Crippen molar-refractivity contribution in [3.63, 3.8) is 0 Å². The number of hydrogen-bond acceptors (Lipinski definition) is 12. The first-order valence-electron chi connectivity index (χ1n) is 11.7. The van der Waals surface area contributed by atoms with Gasteiger partial charge in [-0.25, -0.2) is 4.79 Å². The van der Waals surface area contributed by atoms with Gasteiger partial charge in [0.2, 0.25) is 11.8 Å². The molecule has 1 fully saturated rings. The minimum absolute atomic E-state index is 0.167. The lowest BCUT2D eigenvalue weighted by molar-refractivity contribution is -0.688. The fraction of sp³-hybridized carbons (Fsp3) is 0.292. The van der Waals surface area contributed by atoms with Crippen molar-refractivity contribution in [2.75, 3.05) is 11.5 Å². The van der Waals surface area contributed by atoms with E-state index in [0.29, 0.717) is 11.2 Å². The molecule has 3 aromatic rings. The maximum absolute atomic E-state index is 13.1. The molecule has 2 aliphatic rings. The number of anilines is 1. The second-order valence-electron chi connectivity index (χ2n) is 9.38. The highest BCUT2D eigenvalue weighted by atomic mass is 32.2. The highest BCUT2D eigenvalue weighted by Crippen LogP contribution is 2.40. The summed E-state index contributed by atoms with van der Waals surface area (Å²) in [5.41, 5.74) is 3.82. The third-order valence-electron chi connectivity index (χ3n) is 6.22. The zero-order chi connectivity index (χ0) is 28.8. The van der Waals surface area contributed by atoms with Gasteiger partial charge in [-0.1, -0.05) is 5.16 Å². The van der Waals surface area contributed by atoms with Crippen molar-refractivity contribution in [2.45, 2.75) is 37.4 Å². The summed E-state index contributed by atoms with van der Waals surface area (Å²) < 4.78 is 12.1. The first-order valence-corrected chi connectivity index (χ1v) is 12.8. The number of nitrogens with one attached hydrogen (secondary N) is 1. The van der Waals surface area contributed by atoms with Gasteiger partial charge in [0.05, 0.1) is 17.9 Å².